The van der Waals surface area contributed by atoms with Crippen molar-refractivity contribution in [3.8, 4) is 0 Å². The molecule has 0 saturated carbocycles. The van der Waals surface area contributed by atoms with E-state index in [0.717, 1.165) is 0 Å². The van der Waals surface area contributed by atoms with Crippen molar-refractivity contribution in [2.75, 3.05) is 26.2 Å². The zero-order chi connectivity index (χ0) is 16.6. The van der Waals surface area contributed by atoms with Gasteiger partial charge in [0.15, 0.2) is 0 Å². The minimum Gasteiger partial charge on any atom is -0.335 e. The molecule has 1 saturated heterocycles. The lowest BCUT2D eigenvalue weighted by Gasteiger charge is -2.33. The second-order valence-electron chi connectivity index (χ2n) is 5.39. The summed E-state index contributed by atoms with van der Waals surface area (Å²) in [5, 5.41) is 7.88. The smallest absolute Gasteiger partial charge is 0.272 e. The fraction of sp³-hybridized carbons (Fsp3) is 0.462. The maximum Gasteiger partial charge on any atom is 0.272 e. The van der Waals surface area contributed by atoms with Gasteiger partial charge in [0.05, 0.1) is 6.20 Å². The molecule has 124 valence electrons. The number of rotatable bonds is 3. The van der Waals surface area contributed by atoms with E-state index in [0.29, 0.717) is 18.8 Å². The molecule has 0 spiro atoms. The number of aromatic nitrogens is 4. The number of amides is 1. The van der Waals surface area contributed by atoms with E-state index in [4.69, 9.17) is 0 Å². The predicted octanol–water partition coefficient (Wildman–Crippen LogP) is -0.700. The van der Waals surface area contributed by atoms with Crippen molar-refractivity contribution in [3.05, 3.63) is 30.4 Å². The topological polar surface area (TPSA) is 93.3 Å². The number of piperazine rings is 1. The number of hydrogen-bond donors (Lipinski definition) is 0. The summed E-state index contributed by atoms with van der Waals surface area (Å²) < 4.78 is 29.4. The number of carbonyl (C=O) groups excluding carboxylic acids is 1. The summed E-state index contributed by atoms with van der Waals surface area (Å²) in [6, 6.07) is 1.65. The van der Waals surface area contributed by atoms with Crippen LogP contribution in [-0.4, -0.2) is 69.3 Å². The summed E-state index contributed by atoms with van der Waals surface area (Å²) in [6.45, 7) is 1.23. The standard InChI is InChI=1S/C13H18N6O3S/c1-16-10-11(9-15-16)23(21,22)19-7-5-18(6-8-19)13(20)12-3-4-14-17(12)2/h3-4,9-10H,5-8H2,1-2H3. The number of sulfonamides is 1. The number of nitrogens with zero attached hydrogens (tertiary/aromatic N) is 6. The molecule has 1 aliphatic rings. The van der Waals surface area contributed by atoms with E-state index in [1.807, 2.05) is 0 Å². The van der Waals surface area contributed by atoms with E-state index in [2.05, 4.69) is 10.2 Å². The van der Waals surface area contributed by atoms with Crippen molar-refractivity contribution in [3.63, 3.8) is 0 Å². The largest absolute Gasteiger partial charge is 0.335 e. The van der Waals surface area contributed by atoms with Crippen LogP contribution in [0.4, 0.5) is 0 Å². The average Bonchev–Trinajstić information content (AvgIpc) is 3.15. The maximum atomic E-state index is 12.5. The Morgan fingerprint density at radius 3 is 2.35 bits per heavy atom. The molecule has 0 aromatic carbocycles. The Bertz CT molecular complexity index is 816. The van der Waals surface area contributed by atoms with Crippen LogP contribution in [0.25, 0.3) is 0 Å². The summed E-state index contributed by atoms with van der Waals surface area (Å²) in [6.07, 6.45) is 4.38. The Morgan fingerprint density at radius 1 is 1.13 bits per heavy atom. The number of hydrogen-bond acceptors (Lipinski definition) is 5. The number of carbonyl (C=O) groups is 1. The Kier molecular flexibility index (Phi) is 3.94. The lowest BCUT2D eigenvalue weighted by molar-refractivity contribution is 0.0687. The number of aryl methyl sites for hydroxylation is 2. The van der Waals surface area contributed by atoms with Gasteiger partial charge < -0.3 is 4.90 Å². The van der Waals surface area contributed by atoms with Crippen LogP contribution in [0.2, 0.25) is 0 Å². The van der Waals surface area contributed by atoms with Gasteiger partial charge >= 0.3 is 0 Å². The normalized spacial score (nSPS) is 16.7. The molecule has 2 aromatic heterocycles. The van der Waals surface area contributed by atoms with Gasteiger partial charge in [-0.15, -0.1) is 0 Å². The highest BCUT2D eigenvalue weighted by Gasteiger charge is 2.31. The molecule has 0 unspecified atom stereocenters. The van der Waals surface area contributed by atoms with Crippen LogP contribution in [-0.2, 0) is 24.1 Å². The maximum absolute atomic E-state index is 12.5. The summed E-state index contributed by atoms with van der Waals surface area (Å²) in [5.41, 5.74) is 0.494. The molecular weight excluding hydrogens is 320 g/mol. The fourth-order valence-electron chi connectivity index (χ4n) is 2.56. The van der Waals surface area contributed by atoms with Gasteiger partial charge in [0, 0.05) is 52.7 Å². The molecule has 0 aliphatic carbocycles. The van der Waals surface area contributed by atoms with Gasteiger partial charge in [0.25, 0.3) is 5.91 Å². The molecule has 1 fully saturated rings. The molecule has 23 heavy (non-hydrogen) atoms. The zero-order valence-electron chi connectivity index (χ0n) is 13.0. The van der Waals surface area contributed by atoms with Gasteiger partial charge in [-0.3, -0.25) is 14.2 Å². The van der Waals surface area contributed by atoms with Crippen molar-refractivity contribution >= 4 is 15.9 Å². The Balaban J connectivity index is 1.69. The van der Waals surface area contributed by atoms with Gasteiger partial charge in [-0.1, -0.05) is 0 Å². The molecule has 0 N–H and O–H groups in total. The highest BCUT2D eigenvalue weighted by molar-refractivity contribution is 7.89. The average molecular weight is 338 g/mol. The van der Waals surface area contributed by atoms with Crippen molar-refractivity contribution in [1.82, 2.24) is 28.8 Å². The molecule has 0 bridgehead atoms. The first-order valence-corrected chi connectivity index (χ1v) is 8.59. The molecule has 3 rings (SSSR count). The van der Waals surface area contributed by atoms with Crippen LogP contribution in [0.15, 0.2) is 29.6 Å². The van der Waals surface area contributed by atoms with Crippen molar-refractivity contribution < 1.29 is 13.2 Å². The Morgan fingerprint density at radius 2 is 1.83 bits per heavy atom. The quantitative estimate of drug-likeness (QED) is 0.738. The zero-order valence-corrected chi connectivity index (χ0v) is 13.8. The Labute approximate surface area is 134 Å². The molecule has 9 nitrogen and oxygen atoms in total. The third kappa shape index (κ3) is 2.86. The van der Waals surface area contributed by atoms with E-state index < -0.39 is 10.0 Å². The molecule has 0 radical (unpaired) electrons. The highest BCUT2D eigenvalue weighted by Crippen LogP contribution is 2.17. The SMILES string of the molecule is Cn1cc(S(=O)(=O)N2CCN(C(=O)c3ccnn3C)CC2)cn1. The van der Waals surface area contributed by atoms with Crippen molar-refractivity contribution in [1.29, 1.82) is 0 Å². The first-order chi connectivity index (χ1) is 10.9. The summed E-state index contributed by atoms with van der Waals surface area (Å²) in [5.74, 6) is -0.136. The second-order valence-corrected chi connectivity index (χ2v) is 7.32. The van der Waals surface area contributed by atoms with E-state index in [-0.39, 0.29) is 23.9 Å². The van der Waals surface area contributed by atoms with E-state index >= 15 is 0 Å². The monoisotopic (exact) mass is 338 g/mol. The molecule has 0 atom stereocenters. The van der Waals surface area contributed by atoms with Crippen LogP contribution in [0.1, 0.15) is 10.5 Å². The molecular formula is C13H18N6O3S. The minimum absolute atomic E-state index is 0.136. The highest BCUT2D eigenvalue weighted by atomic mass is 32.2. The van der Waals surface area contributed by atoms with Crippen LogP contribution < -0.4 is 0 Å². The van der Waals surface area contributed by atoms with Crippen molar-refractivity contribution in [2.45, 2.75) is 4.90 Å². The van der Waals surface area contributed by atoms with E-state index in [1.54, 1.807) is 31.3 Å². The molecule has 1 amide bonds. The van der Waals surface area contributed by atoms with Gasteiger partial charge in [-0.2, -0.15) is 14.5 Å². The molecule has 1 aliphatic heterocycles. The van der Waals surface area contributed by atoms with Gasteiger partial charge in [0.1, 0.15) is 10.6 Å². The third-order valence-electron chi connectivity index (χ3n) is 3.88. The minimum atomic E-state index is -3.56. The van der Waals surface area contributed by atoms with E-state index in [9.17, 15) is 13.2 Å². The van der Waals surface area contributed by atoms with Crippen LogP contribution in [0.3, 0.4) is 0 Å². The van der Waals surface area contributed by atoms with Gasteiger partial charge in [-0.05, 0) is 6.07 Å². The molecule has 2 aromatic rings. The van der Waals surface area contributed by atoms with Crippen LogP contribution in [0.5, 0.6) is 0 Å². The first-order valence-electron chi connectivity index (χ1n) is 7.15. The summed E-state index contributed by atoms with van der Waals surface area (Å²) >= 11 is 0. The van der Waals surface area contributed by atoms with Gasteiger partial charge in [-0.25, -0.2) is 8.42 Å². The fourth-order valence-corrected chi connectivity index (χ4v) is 3.97. The third-order valence-corrected chi connectivity index (χ3v) is 5.74. The summed E-state index contributed by atoms with van der Waals surface area (Å²) in [7, 11) is -0.183. The first kappa shape index (κ1) is 15.7. The van der Waals surface area contributed by atoms with Crippen LogP contribution in [0, 0.1) is 0 Å². The van der Waals surface area contributed by atoms with Gasteiger partial charge in [0.2, 0.25) is 10.0 Å². The predicted molar refractivity (Wildman–Crippen MR) is 81.1 cm³/mol. The lowest BCUT2D eigenvalue weighted by Crippen LogP contribution is -2.50. The van der Waals surface area contributed by atoms with Crippen molar-refractivity contribution in [2.24, 2.45) is 14.1 Å². The molecule has 3 heterocycles. The second kappa shape index (κ2) is 5.78. The lowest BCUT2D eigenvalue weighted by atomic mass is 10.3. The van der Waals surface area contributed by atoms with E-state index in [1.165, 1.54) is 26.1 Å². The van der Waals surface area contributed by atoms with Crippen LogP contribution >= 0.6 is 0 Å². The Hall–Kier alpha value is -2.20. The summed E-state index contributed by atoms with van der Waals surface area (Å²) in [4.78, 5) is 14.2. The molecule has 10 heteroatoms.